The second kappa shape index (κ2) is 7.06. The van der Waals surface area contributed by atoms with Gasteiger partial charge in [-0.2, -0.15) is 0 Å². The third kappa shape index (κ3) is 13.4. The third-order valence-electron chi connectivity index (χ3n) is 1.68. The van der Waals surface area contributed by atoms with Crippen LogP contribution in [0.2, 0.25) is 0 Å². The summed E-state index contributed by atoms with van der Waals surface area (Å²) in [5, 5.41) is 0. The van der Waals surface area contributed by atoms with Crippen LogP contribution in [0, 0.1) is 0 Å². The van der Waals surface area contributed by atoms with Gasteiger partial charge in [0.25, 0.3) is 0 Å². The molecule has 0 aliphatic heterocycles. The Morgan fingerprint density at radius 3 is 1.82 bits per heavy atom. The van der Waals surface area contributed by atoms with Crippen molar-refractivity contribution in [2.24, 2.45) is 0 Å². The molecule has 70 valence electrons. The lowest BCUT2D eigenvalue weighted by Crippen LogP contribution is -1.92. The highest BCUT2D eigenvalue weighted by Crippen LogP contribution is 2.47. The third-order valence-corrected chi connectivity index (χ3v) is 3.34. The largest absolute Gasteiger partial charge is 0.870 e. The van der Waals surface area contributed by atoms with Crippen LogP contribution in [0.4, 0.5) is 0 Å². The highest BCUT2D eigenvalue weighted by molar-refractivity contribution is 7.73. The van der Waals surface area contributed by atoms with Crippen molar-refractivity contribution in [3.8, 4) is 0 Å². The summed E-state index contributed by atoms with van der Waals surface area (Å²) in [6.07, 6.45) is 7.20. The molecule has 0 rings (SSSR count). The summed E-state index contributed by atoms with van der Waals surface area (Å²) < 4.78 is 0. The van der Waals surface area contributed by atoms with Crippen LogP contribution in [-0.2, 0) is 0 Å². The van der Waals surface area contributed by atoms with E-state index in [-0.39, 0.29) is 5.48 Å². The number of unbranched alkanes of at least 4 members (excludes halogenated alkanes) is 3. The highest BCUT2D eigenvalue weighted by Gasteiger charge is 2.14. The average Bonchev–Trinajstić information content (AvgIpc) is 1.78. The van der Waals surface area contributed by atoms with Gasteiger partial charge in [-0.05, 0) is 12.8 Å². The molecule has 0 aliphatic carbocycles. The maximum Gasteiger partial charge on any atom is 0.0586 e. The van der Waals surface area contributed by atoms with E-state index in [2.05, 4.69) is 26.9 Å². The summed E-state index contributed by atoms with van der Waals surface area (Å²) in [5.41, 5.74) is 0. The molecule has 0 spiro atoms. The summed E-state index contributed by atoms with van der Waals surface area (Å²) in [5.74, 6) is 0. The van der Waals surface area contributed by atoms with Gasteiger partial charge in [-0.25, -0.2) is 0 Å². The fourth-order valence-corrected chi connectivity index (χ4v) is 2.19. The van der Waals surface area contributed by atoms with Gasteiger partial charge in [-0.15, -0.1) is 0 Å². The Labute approximate surface area is 72.2 Å². The fourth-order valence-electron chi connectivity index (χ4n) is 1.01. The molecule has 0 heterocycles. The Kier molecular flexibility index (Phi) is 8.95. The Bertz CT molecular complexity index is 76.1. The van der Waals surface area contributed by atoms with Gasteiger partial charge in [0.1, 0.15) is 0 Å². The van der Waals surface area contributed by atoms with E-state index in [0.717, 1.165) is 0 Å². The summed E-state index contributed by atoms with van der Waals surface area (Å²) in [7, 11) is -0.456. The van der Waals surface area contributed by atoms with Crippen LogP contribution in [0.3, 0.4) is 0 Å². The molecule has 0 aromatic carbocycles. The quantitative estimate of drug-likeness (QED) is 0.469. The molecule has 1 nitrogen and oxygen atoms in total. The molecule has 0 aromatic rings. The van der Waals surface area contributed by atoms with E-state index in [1.807, 2.05) is 0 Å². The van der Waals surface area contributed by atoms with Crippen LogP contribution in [0.25, 0.3) is 0 Å². The monoisotopic (exact) mass is 178 g/mol. The van der Waals surface area contributed by atoms with Gasteiger partial charge < -0.3 is 5.48 Å². The highest BCUT2D eigenvalue weighted by atomic mass is 31.2. The van der Waals surface area contributed by atoms with Gasteiger partial charge in [0, 0.05) is 27.3 Å². The molecule has 11 heavy (non-hydrogen) atoms. The van der Waals surface area contributed by atoms with Crippen LogP contribution in [-0.4, -0.2) is 31.6 Å². The molecular weight excluding hydrogens is 155 g/mol. The van der Waals surface area contributed by atoms with Crippen molar-refractivity contribution in [1.29, 1.82) is 0 Å². The predicted molar refractivity (Wildman–Crippen MR) is 55.6 cm³/mol. The first-order chi connectivity index (χ1) is 4.56. The molecule has 0 aromatic heterocycles. The second-order valence-corrected chi connectivity index (χ2v) is 9.10. The number of rotatable bonds is 5. The minimum Gasteiger partial charge on any atom is -0.870 e. The maximum absolute atomic E-state index is 2.43. The van der Waals surface area contributed by atoms with Crippen molar-refractivity contribution in [1.82, 2.24) is 0 Å². The van der Waals surface area contributed by atoms with E-state index in [1.54, 1.807) is 0 Å². The number of hydrogen-bond donors (Lipinski definition) is 0. The molecule has 2 heteroatoms. The lowest BCUT2D eigenvalue weighted by atomic mass is 10.2. The smallest absolute Gasteiger partial charge is 0.0586 e. The van der Waals surface area contributed by atoms with Crippen LogP contribution >= 0.6 is 7.26 Å². The first-order valence-corrected chi connectivity index (χ1v) is 7.68. The van der Waals surface area contributed by atoms with Gasteiger partial charge >= 0.3 is 0 Å². The minimum atomic E-state index is -0.456. The molecule has 0 saturated carbocycles. The van der Waals surface area contributed by atoms with Crippen molar-refractivity contribution in [2.45, 2.75) is 32.6 Å². The molecule has 0 unspecified atom stereocenters. The van der Waals surface area contributed by atoms with Crippen molar-refractivity contribution in [3.63, 3.8) is 0 Å². The molecule has 0 radical (unpaired) electrons. The van der Waals surface area contributed by atoms with E-state index in [1.165, 1.54) is 31.8 Å². The van der Waals surface area contributed by atoms with Crippen LogP contribution in [0.15, 0.2) is 0 Å². The van der Waals surface area contributed by atoms with Crippen LogP contribution < -0.4 is 0 Å². The minimum absolute atomic E-state index is 0. The molecule has 1 N–H and O–H groups in total. The Hall–Kier alpha value is 0.390. The summed E-state index contributed by atoms with van der Waals surface area (Å²) in [6.45, 7) is 9.56. The van der Waals surface area contributed by atoms with Gasteiger partial charge in [-0.3, -0.25) is 0 Å². The zero-order chi connectivity index (χ0) is 8.04. The SMILES string of the molecule is CCCCCC[P+](C)(C)C.[OH-]. The van der Waals surface area contributed by atoms with E-state index in [9.17, 15) is 0 Å². The average molecular weight is 178 g/mol. The molecule has 0 amide bonds. The summed E-state index contributed by atoms with van der Waals surface area (Å²) in [4.78, 5) is 0. The molecule has 0 atom stereocenters. The van der Waals surface area contributed by atoms with E-state index in [0.29, 0.717) is 0 Å². The van der Waals surface area contributed by atoms with Gasteiger partial charge in [0.05, 0.1) is 6.16 Å². The lowest BCUT2D eigenvalue weighted by Gasteiger charge is -2.10. The standard InChI is InChI=1S/C9H22P.H2O/c1-5-6-7-8-9-10(2,3)4;/h5-9H2,1-4H3;1H2/q+1;/p-1. The normalized spacial score (nSPS) is 10.9. The summed E-state index contributed by atoms with van der Waals surface area (Å²) >= 11 is 0. The lowest BCUT2D eigenvalue weighted by molar-refractivity contribution is 0.704. The van der Waals surface area contributed by atoms with Crippen molar-refractivity contribution < 1.29 is 5.48 Å². The van der Waals surface area contributed by atoms with Crippen LogP contribution in [0.5, 0.6) is 0 Å². The molecule has 0 aliphatic rings. The van der Waals surface area contributed by atoms with Gasteiger partial charge in [-0.1, -0.05) is 19.8 Å². The van der Waals surface area contributed by atoms with Crippen molar-refractivity contribution >= 4 is 7.26 Å². The molecule has 0 fully saturated rings. The van der Waals surface area contributed by atoms with E-state index in [4.69, 9.17) is 0 Å². The van der Waals surface area contributed by atoms with E-state index >= 15 is 0 Å². The Morgan fingerprint density at radius 2 is 1.45 bits per heavy atom. The second-order valence-electron chi connectivity index (χ2n) is 4.07. The van der Waals surface area contributed by atoms with Crippen molar-refractivity contribution in [3.05, 3.63) is 0 Å². The van der Waals surface area contributed by atoms with Crippen molar-refractivity contribution in [2.75, 3.05) is 26.2 Å². The molecule has 0 saturated heterocycles. The predicted octanol–water partition coefficient (Wildman–Crippen LogP) is 3.30. The zero-order valence-electron chi connectivity index (χ0n) is 8.43. The first-order valence-electron chi connectivity index (χ1n) is 4.36. The fraction of sp³-hybridized carbons (Fsp3) is 1.00. The Balaban J connectivity index is 0. The van der Waals surface area contributed by atoms with E-state index < -0.39 is 7.26 Å². The number of hydrogen-bond acceptors (Lipinski definition) is 1. The maximum atomic E-state index is 2.43. The van der Waals surface area contributed by atoms with Gasteiger partial charge in [0.2, 0.25) is 0 Å². The van der Waals surface area contributed by atoms with Crippen LogP contribution in [0.1, 0.15) is 32.6 Å². The molecule has 0 bridgehead atoms. The summed E-state index contributed by atoms with van der Waals surface area (Å²) in [6, 6.07) is 0. The zero-order valence-corrected chi connectivity index (χ0v) is 9.32. The first kappa shape index (κ1) is 13.9. The topological polar surface area (TPSA) is 30.0 Å². The van der Waals surface area contributed by atoms with Gasteiger partial charge in [0.15, 0.2) is 0 Å². The Morgan fingerprint density at radius 1 is 0.909 bits per heavy atom. The molecular formula is C9H23OP.